The summed E-state index contributed by atoms with van der Waals surface area (Å²) < 4.78 is 0. The zero-order valence-electron chi connectivity index (χ0n) is 7.46. The van der Waals surface area contributed by atoms with Crippen LogP contribution in [-0.4, -0.2) is 11.9 Å². The first kappa shape index (κ1) is 8.12. The van der Waals surface area contributed by atoms with Crippen LogP contribution < -0.4 is 0 Å². The third kappa shape index (κ3) is 1.97. The predicted octanol–water partition coefficient (Wildman–Crippen LogP) is 2.69. The summed E-state index contributed by atoms with van der Waals surface area (Å²) in [6, 6.07) is 0. The van der Waals surface area contributed by atoms with Crippen molar-refractivity contribution in [3.05, 3.63) is 35.7 Å². The van der Waals surface area contributed by atoms with Crippen molar-refractivity contribution >= 4 is 0 Å². The molecule has 0 amide bonds. The molecule has 0 saturated carbocycles. The lowest BCUT2D eigenvalue weighted by Gasteiger charge is -2.19. The number of hydrogen-bond donors (Lipinski definition) is 0. The van der Waals surface area contributed by atoms with Crippen LogP contribution in [-0.2, 0) is 0 Å². The van der Waals surface area contributed by atoms with E-state index in [1.807, 2.05) is 0 Å². The molecule has 0 bridgehead atoms. The Morgan fingerprint density at radius 3 is 2.73 bits per heavy atom. The molecule has 60 valence electrons. The molecule has 0 N–H and O–H groups in total. The third-order valence-corrected chi connectivity index (χ3v) is 1.73. The summed E-state index contributed by atoms with van der Waals surface area (Å²) in [6.07, 6.45) is 9.75. The highest BCUT2D eigenvalue weighted by Crippen LogP contribution is 2.14. The van der Waals surface area contributed by atoms with Gasteiger partial charge in [0.25, 0.3) is 0 Å². The molecule has 0 spiro atoms. The van der Waals surface area contributed by atoms with Crippen LogP contribution in [0.1, 0.15) is 20.3 Å². The Morgan fingerprint density at radius 2 is 2.18 bits per heavy atom. The minimum atomic E-state index is 1.09. The SMILES string of the molecule is CC/C=C1/C=CC(C)=CN1C. The Morgan fingerprint density at radius 1 is 1.45 bits per heavy atom. The first-order chi connectivity index (χ1) is 5.24. The average molecular weight is 149 g/mol. The van der Waals surface area contributed by atoms with E-state index >= 15 is 0 Å². The molecule has 0 fully saturated rings. The third-order valence-electron chi connectivity index (χ3n) is 1.73. The van der Waals surface area contributed by atoms with Gasteiger partial charge in [-0.05, 0) is 25.0 Å². The fourth-order valence-electron chi connectivity index (χ4n) is 1.18. The molecule has 0 atom stereocenters. The number of hydrogen-bond acceptors (Lipinski definition) is 1. The maximum absolute atomic E-state index is 2.22. The first-order valence-electron chi connectivity index (χ1n) is 4.03. The molecule has 0 aromatic rings. The van der Waals surface area contributed by atoms with Gasteiger partial charge in [-0.25, -0.2) is 0 Å². The van der Waals surface area contributed by atoms with E-state index in [9.17, 15) is 0 Å². The second-order valence-corrected chi connectivity index (χ2v) is 2.85. The fourth-order valence-corrected chi connectivity index (χ4v) is 1.18. The summed E-state index contributed by atoms with van der Waals surface area (Å²) in [6.45, 7) is 4.26. The Kier molecular flexibility index (Phi) is 2.53. The molecule has 11 heavy (non-hydrogen) atoms. The highest BCUT2D eigenvalue weighted by molar-refractivity contribution is 5.32. The van der Waals surface area contributed by atoms with Crippen LogP contribution in [0.15, 0.2) is 35.7 Å². The average Bonchev–Trinajstić information content (AvgIpc) is 1.95. The van der Waals surface area contributed by atoms with Gasteiger partial charge in [-0.3, -0.25) is 0 Å². The van der Waals surface area contributed by atoms with Gasteiger partial charge in [0.1, 0.15) is 0 Å². The van der Waals surface area contributed by atoms with Crippen molar-refractivity contribution in [1.29, 1.82) is 0 Å². The number of nitrogens with zero attached hydrogens (tertiary/aromatic N) is 1. The van der Waals surface area contributed by atoms with Crippen LogP contribution >= 0.6 is 0 Å². The van der Waals surface area contributed by atoms with Crippen LogP contribution in [0.2, 0.25) is 0 Å². The van der Waals surface area contributed by atoms with Crippen molar-refractivity contribution in [3.8, 4) is 0 Å². The molecule has 0 aliphatic carbocycles. The number of likely N-dealkylation sites (N-methyl/N-ethyl adjacent to an activating group) is 1. The largest absolute Gasteiger partial charge is 0.351 e. The van der Waals surface area contributed by atoms with Gasteiger partial charge in [-0.15, -0.1) is 0 Å². The summed E-state index contributed by atoms with van der Waals surface area (Å²) in [5.74, 6) is 0. The van der Waals surface area contributed by atoms with Crippen LogP contribution in [0.25, 0.3) is 0 Å². The maximum Gasteiger partial charge on any atom is 0.0363 e. The Labute approximate surface area is 68.7 Å². The van der Waals surface area contributed by atoms with Crippen molar-refractivity contribution in [3.63, 3.8) is 0 Å². The molecule has 0 radical (unpaired) electrons. The molecule has 0 saturated heterocycles. The van der Waals surface area contributed by atoms with Crippen LogP contribution in [0.3, 0.4) is 0 Å². The molecule has 1 nitrogen and oxygen atoms in total. The van der Waals surface area contributed by atoms with Crippen LogP contribution in [0, 0.1) is 0 Å². The van der Waals surface area contributed by atoms with E-state index in [1.54, 1.807) is 0 Å². The Balaban J connectivity index is 2.77. The molecule has 1 rings (SSSR count). The van der Waals surface area contributed by atoms with Crippen molar-refractivity contribution in [2.45, 2.75) is 20.3 Å². The highest BCUT2D eigenvalue weighted by atomic mass is 15.1. The van der Waals surface area contributed by atoms with Gasteiger partial charge in [-0.2, -0.15) is 0 Å². The first-order valence-corrected chi connectivity index (χ1v) is 4.03. The van der Waals surface area contributed by atoms with Gasteiger partial charge in [0.05, 0.1) is 0 Å². The number of rotatable bonds is 1. The zero-order valence-corrected chi connectivity index (χ0v) is 7.46. The topological polar surface area (TPSA) is 3.24 Å². The number of allylic oxidation sites excluding steroid dienone is 4. The van der Waals surface area contributed by atoms with Gasteiger partial charge in [-0.1, -0.05) is 19.1 Å². The molecular weight excluding hydrogens is 134 g/mol. The Hall–Kier alpha value is -0.980. The molecule has 1 aliphatic heterocycles. The van der Waals surface area contributed by atoms with Crippen LogP contribution in [0.4, 0.5) is 0 Å². The quantitative estimate of drug-likeness (QED) is 0.554. The summed E-state index contributed by atoms with van der Waals surface area (Å²) in [7, 11) is 2.08. The van der Waals surface area contributed by atoms with Crippen molar-refractivity contribution in [2.24, 2.45) is 0 Å². The molecule has 0 unspecified atom stereocenters. The van der Waals surface area contributed by atoms with Gasteiger partial charge in [0, 0.05) is 18.9 Å². The van der Waals surface area contributed by atoms with E-state index in [-0.39, 0.29) is 0 Å². The standard InChI is InChI=1S/C10H15N/c1-4-5-10-7-6-9(2)8-11(10)3/h5-8H,4H2,1-3H3/b10-5-. The minimum absolute atomic E-state index is 1.09. The molecule has 0 aromatic carbocycles. The summed E-state index contributed by atoms with van der Waals surface area (Å²) >= 11 is 0. The van der Waals surface area contributed by atoms with Crippen molar-refractivity contribution in [2.75, 3.05) is 7.05 Å². The molecule has 0 aromatic heterocycles. The van der Waals surface area contributed by atoms with E-state index in [1.165, 1.54) is 11.3 Å². The van der Waals surface area contributed by atoms with E-state index < -0.39 is 0 Å². The van der Waals surface area contributed by atoms with E-state index in [0.717, 1.165) is 6.42 Å². The summed E-state index contributed by atoms with van der Waals surface area (Å²) in [5, 5.41) is 0. The Bertz CT molecular complexity index is 221. The molecular formula is C10H15N. The fraction of sp³-hybridized carbons (Fsp3) is 0.400. The second kappa shape index (κ2) is 3.42. The maximum atomic E-state index is 2.22. The smallest absolute Gasteiger partial charge is 0.0363 e. The van der Waals surface area contributed by atoms with Gasteiger partial charge in [0.15, 0.2) is 0 Å². The summed E-state index contributed by atoms with van der Waals surface area (Å²) in [5.41, 5.74) is 2.60. The normalized spacial score (nSPS) is 20.8. The van der Waals surface area contributed by atoms with Gasteiger partial charge in [0.2, 0.25) is 0 Å². The highest BCUT2D eigenvalue weighted by Gasteiger charge is 2.01. The zero-order chi connectivity index (χ0) is 8.27. The predicted molar refractivity (Wildman–Crippen MR) is 49.0 cm³/mol. The lowest BCUT2D eigenvalue weighted by molar-refractivity contribution is 0.575. The lowest BCUT2D eigenvalue weighted by atomic mass is 10.2. The van der Waals surface area contributed by atoms with E-state index in [0.29, 0.717) is 0 Å². The molecule has 1 aliphatic rings. The van der Waals surface area contributed by atoms with Crippen molar-refractivity contribution < 1.29 is 0 Å². The second-order valence-electron chi connectivity index (χ2n) is 2.85. The van der Waals surface area contributed by atoms with E-state index in [4.69, 9.17) is 0 Å². The van der Waals surface area contributed by atoms with Gasteiger partial charge >= 0.3 is 0 Å². The summed E-state index contributed by atoms with van der Waals surface area (Å²) in [4.78, 5) is 2.15. The van der Waals surface area contributed by atoms with Gasteiger partial charge < -0.3 is 4.90 Å². The van der Waals surface area contributed by atoms with E-state index in [2.05, 4.69) is 50.2 Å². The van der Waals surface area contributed by atoms with Crippen molar-refractivity contribution in [1.82, 2.24) is 4.90 Å². The molecule has 1 heteroatoms. The monoisotopic (exact) mass is 149 g/mol. The lowest BCUT2D eigenvalue weighted by Crippen LogP contribution is -2.11. The minimum Gasteiger partial charge on any atom is -0.351 e. The molecule has 1 heterocycles. The van der Waals surface area contributed by atoms with Crippen LogP contribution in [0.5, 0.6) is 0 Å².